The largest absolute Gasteiger partial charge is 0.361 e. The third-order valence-electron chi connectivity index (χ3n) is 3.58. The minimum atomic E-state index is -0.204. The van der Waals surface area contributed by atoms with Crippen LogP contribution in [0.4, 0.5) is 4.79 Å². The van der Waals surface area contributed by atoms with E-state index in [9.17, 15) is 9.59 Å². The lowest BCUT2D eigenvalue weighted by Crippen LogP contribution is -2.31. The first kappa shape index (κ1) is 11.8. The van der Waals surface area contributed by atoms with Gasteiger partial charge < -0.3 is 9.88 Å². The monoisotopic (exact) mass is 257 g/mol. The minimum absolute atomic E-state index is 0.135. The number of imide groups is 1. The van der Waals surface area contributed by atoms with Crippen molar-refractivity contribution >= 4 is 22.8 Å². The Bertz CT molecular complexity index is 647. The van der Waals surface area contributed by atoms with Gasteiger partial charge in [0.2, 0.25) is 5.91 Å². The van der Waals surface area contributed by atoms with E-state index in [1.165, 1.54) is 22.9 Å². The second-order valence-electron chi connectivity index (χ2n) is 4.77. The summed E-state index contributed by atoms with van der Waals surface area (Å²) < 4.78 is 0. The summed E-state index contributed by atoms with van der Waals surface area (Å²) in [5.74, 6) is -0.135. The number of likely N-dealkylation sites (N-methyl/N-ethyl adjacent to an activating group) is 1. The van der Waals surface area contributed by atoms with Crippen LogP contribution in [-0.4, -0.2) is 46.9 Å². The molecule has 98 valence electrons. The summed E-state index contributed by atoms with van der Waals surface area (Å²) in [6.07, 6.45) is 2.72. The number of benzene rings is 1. The van der Waals surface area contributed by atoms with Gasteiger partial charge in [0.1, 0.15) is 6.54 Å². The van der Waals surface area contributed by atoms with Crippen LogP contribution in [0.25, 0.3) is 10.9 Å². The van der Waals surface area contributed by atoms with Gasteiger partial charge in [-0.15, -0.1) is 0 Å². The Kier molecular flexibility index (Phi) is 2.74. The zero-order valence-corrected chi connectivity index (χ0v) is 10.7. The number of H-pyrrole nitrogens is 1. The quantitative estimate of drug-likeness (QED) is 0.849. The smallest absolute Gasteiger partial charge is 0.326 e. The van der Waals surface area contributed by atoms with E-state index in [-0.39, 0.29) is 18.5 Å². The average molecular weight is 257 g/mol. The Morgan fingerprint density at radius 1 is 1.26 bits per heavy atom. The lowest BCUT2D eigenvalue weighted by atomic mass is 10.1. The van der Waals surface area contributed by atoms with Crippen LogP contribution >= 0.6 is 0 Å². The molecule has 19 heavy (non-hydrogen) atoms. The number of hydrogen-bond donors (Lipinski definition) is 1. The van der Waals surface area contributed by atoms with E-state index in [0.29, 0.717) is 6.54 Å². The topological polar surface area (TPSA) is 56.4 Å². The van der Waals surface area contributed by atoms with Crippen LogP contribution in [0.3, 0.4) is 0 Å². The molecule has 2 aromatic rings. The van der Waals surface area contributed by atoms with Crippen molar-refractivity contribution in [2.75, 3.05) is 20.1 Å². The van der Waals surface area contributed by atoms with Crippen LogP contribution in [0.1, 0.15) is 5.56 Å². The van der Waals surface area contributed by atoms with E-state index in [1.807, 2.05) is 24.4 Å². The number of amides is 3. The molecule has 1 saturated heterocycles. The highest BCUT2D eigenvalue weighted by Gasteiger charge is 2.32. The maximum absolute atomic E-state index is 11.8. The summed E-state index contributed by atoms with van der Waals surface area (Å²) >= 11 is 0. The molecule has 1 aliphatic rings. The molecule has 0 unspecified atom stereocenters. The summed E-state index contributed by atoms with van der Waals surface area (Å²) in [4.78, 5) is 29.2. The van der Waals surface area contributed by atoms with Crippen LogP contribution in [0.2, 0.25) is 0 Å². The van der Waals surface area contributed by atoms with Gasteiger partial charge in [0, 0.05) is 30.7 Å². The van der Waals surface area contributed by atoms with E-state index in [2.05, 4.69) is 11.1 Å². The van der Waals surface area contributed by atoms with E-state index >= 15 is 0 Å². The van der Waals surface area contributed by atoms with Crippen LogP contribution in [0.5, 0.6) is 0 Å². The van der Waals surface area contributed by atoms with Gasteiger partial charge >= 0.3 is 6.03 Å². The first-order valence-electron chi connectivity index (χ1n) is 6.27. The zero-order chi connectivity index (χ0) is 13.4. The Balaban J connectivity index is 1.73. The fraction of sp³-hybridized carbons (Fsp3) is 0.286. The van der Waals surface area contributed by atoms with Gasteiger partial charge in [-0.3, -0.25) is 9.69 Å². The van der Waals surface area contributed by atoms with E-state index in [0.717, 1.165) is 11.9 Å². The number of fused-ring (bicyclic) bond motifs is 1. The molecule has 3 amide bonds. The minimum Gasteiger partial charge on any atom is -0.361 e. The van der Waals surface area contributed by atoms with Crippen molar-refractivity contribution in [3.8, 4) is 0 Å². The van der Waals surface area contributed by atoms with Crippen molar-refractivity contribution in [2.24, 2.45) is 0 Å². The predicted molar refractivity (Wildman–Crippen MR) is 71.7 cm³/mol. The van der Waals surface area contributed by atoms with Crippen molar-refractivity contribution in [3.63, 3.8) is 0 Å². The number of para-hydroxylation sites is 1. The van der Waals surface area contributed by atoms with Gasteiger partial charge in [0.25, 0.3) is 0 Å². The van der Waals surface area contributed by atoms with Gasteiger partial charge in [0.15, 0.2) is 0 Å². The Labute approximate surface area is 110 Å². The summed E-state index contributed by atoms with van der Waals surface area (Å²) in [5, 5.41) is 1.17. The highest BCUT2D eigenvalue weighted by molar-refractivity contribution is 6.01. The third kappa shape index (κ3) is 1.97. The lowest BCUT2D eigenvalue weighted by molar-refractivity contribution is -0.124. The molecular formula is C14H15N3O2. The molecule has 0 aliphatic carbocycles. The molecule has 3 rings (SSSR count). The first-order valence-corrected chi connectivity index (χ1v) is 6.27. The number of carbonyl (C=O) groups is 2. The molecule has 1 aliphatic heterocycles. The maximum atomic E-state index is 11.8. The molecule has 0 saturated carbocycles. The number of rotatable bonds is 3. The van der Waals surface area contributed by atoms with Gasteiger partial charge in [-0.2, -0.15) is 0 Å². The SMILES string of the molecule is CN1C(=O)CN(CCc2c[nH]c3ccccc23)C1=O. The summed E-state index contributed by atoms with van der Waals surface area (Å²) in [7, 11) is 1.52. The number of nitrogens with zero attached hydrogens (tertiary/aromatic N) is 2. The molecule has 5 heteroatoms. The fourth-order valence-electron chi connectivity index (χ4n) is 2.42. The van der Waals surface area contributed by atoms with Crippen LogP contribution in [0.15, 0.2) is 30.5 Å². The number of carbonyl (C=O) groups excluding carboxylic acids is 2. The zero-order valence-electron chi connectivity index (χ0n) is 10.7. The van der Waals surface area contributed by atoms with Crippen molar-refractivity contribution in [1.29, 1.82) is 0 Å². The molecule has 0 bridgehead atoms. The summed E-state index contributed by atoms with van der Waals surface area (Å²) in [6.45, 7) is 0.758. The molecular weight excluding hydrogens is 242 g/mol. The van der Waals surface area contributed by atoms with Crippen LogP contribution in [0, 0.1) is 0 Å². The first-order chi connectivity index (χ1) is 9.16. The molecule has 1 aromatic heterocycles. The second-order valence-corrected chi connectivity index (χ2v) is 4.77. The number of nitrogens with one attached hydrogen (secondary N) is 1. The van der Waals surface area contributed by atoms with Crippen LogP contribution < -0.4 is 0 Å². The fourth-order valence-corrected chi connectivity index (χ4v) is 2.42. The molecule has 1 fully saturated rings. The highest BCUT2D eigenvalue weighted by atomic mass is 16.2. The molecule has 5 nitrogen and oxygen atoms in total. The predicted octanol–water partition coefficient (Wildman–Crippen LogP) is 1.60. The number of aromatic nitrogens is 1. The Morgan fingerprint density at radius 3 is 2.79 bits per heavy atom. The molecule has 2 heterocycles. The summed E-state index contributed by atoms with van der Waals surface area (Å²) in [5.41, 5.74) is 2.27. The van der Waals surface area contributed by atoms with Crippen molar-refractivity contribution in [1.82, 2.24) is 14.8 Å². The Morgan fingerprint density at radius 2 is 2.05 bits per heavy atom. The van der Waals surface area contributed by atoms with Crippen molar-refractivity contribution in [3.05, 3.63) is 36.0 Å². The molecule has 0 spiro atoms. The number of hydrogen-bond acceptors (Lipinski definition) is 2. The van der Waals surface area contributed by atoms with E-state index in [1.54, 1.807) is 4.90 Å². The van der Waals surface area contributed by atoms with Crippen molar-refractivity contribution < 1.29 is 9.59 Å². The van der Waals surface area contributed by atoms with Gasteiger partial charge in [-0.05, 0) is 18.1 Å². The highest BCUT2D eigenvalue weighted by Crippen LogP contribution is 2.19. The molecule has 1 aromatic carbocycles. The van der Waals surface area contributed by atoms with Gasteiger partial charge in [0.05, 0.1) is 0 Å². The average Bonchev–Trinajstić information content (AvgIpc) is 2.94. The number of aromatic amines is 1. The van der Waals surface area contributed by atoms with Gasteiger partial charge in [-0.25, -0.2) is 4.79 Å². The molecule has 1 N–H and O–H groups in total. The lowest BCUT2D eigenvalue weighted by Gasteiger charge is -2.14. The Hall–Kier alpha value is -2.30. The normalized spacial score (nSPS) is 15.8. The molecule has 0 atom stereocenters. The van der Waals surface area contributed by atoms with E-state index in [4.69, 9.17) is 0 Å². The third-order valence-corrected chi connectivity index (χ3v) is 3.58. The number of urea groups is 1. The standard InChI is InChI=1S/C14H15N3O2/c1-16-13(18)9-17(14(16)19)7-6-10-8-15-12-5-3-2-4-11(10)12/h2-5,8,15H,6-7,9H2,1H3. The maximum Gasteiger partial charge on any atom is 0.326 e. The van der Waals surface area contributed by atoms with Gasteiger partial charge in [-0.1, -0.05) is 18.2 Å². The molecule has 0 radical (unpaired) electrons. The second kappa shape index (κ2) is 4.42. The van der Waals surface area contributed by atoms with E-state index < -0.39 is 0 Å². The summed E-state index contributed by atoms with van der Waals surface area (Å²) in [6, 6.07) is 7.87. The van der Waals surface area contributed by atoms with Crippen LogP contribution in [-0.2, 0) is 11.2 Å². The van der Waals surface area contributed by atoms with Crippen molar-refractivity contribution in [2.45, 2.75) is 6.42 Å².